The molecule has 0 aliphatic heterocycles. The van der Waals surface area contributed by atoms with Gasteiger partial charge in [-0.3, -0.25) is 0 Å². The van der Waals surface area contributed by atoms with E-state index in [1.807, 2.05) is 13.0 Å². The minimum Gasteiger partial charge on any atom is -0.490 e. The molecule has 0 unspecified atom stereocenters. The Morgan fingerprint density at radius 1 is 1.00 bits per heavy atom. The van der Waals surface area contributed by atoms with Crippen molar-refractivity contribution in [1.82, 2.24) is 5.16 Å². The maximum Gasteiger partial charge on any atom is 0.193 e. The molecule has 1 aromatic carbocycles. The fourth-order valence-electron chi connectivity index (χ4n) is 2.60. The van der Waals surface area contributed by atoms with Gasteiger partial charge in [0.15, 0.2) is 11.0 Å². The van der Waals surface area contributed by atoms with Crippen molar-refractivity contribution < 1.29 is 13.7 Å². The minimum atomic E-state index is 0.313. The van der Waals surface area contributed by atoms with Gasteiger partial charge < -0.3 is 13.7 Å². The van der Waals surface area contributed by atoms with Gasteiger partial charge in [0.25, 0.3) is 0 Å². The lowest BCUT2D eigenvalue weighted by Crippen LogP contribution is -1.99. The van der Waals surface area contributed by atoms with Crippen molar-refractivity contribution in [1.29, 1.82) is 0 Å². The molecular formula is C19H18Cl3NO3. The van der Waals surface area contributed by atoms with Gasteiger partial charge in [0.05, 0.1) is 22.3 Å². The highest BCUT2D eigenvalue weighted by atomic mass is 35.5. The van der Waals surface area contributed by atoms with Gasteiger partial charge in [-0.15, -0.1) is 0 Å². The van der Waals surface area contributed by atoms with E-state index < -0.39 is 0 Å². The van der Waals surface area contributed by atoms with Crippen molar-refractivity contribution in [3.8, 4) is 17.1 Å². The first-order valence-electron chi connectivity index (χ1n) is 8.32. The van der Waals surface area contributed by atoms with Crippen LogP contribution < -0.4 is 4.74 Å². The van der Waals surface area contributed by atoms with Crippen molar-refractivity contribution >= 4 is 34.8 Å². The first-order chi connectivity index (χ1) is 12.5. The van der Waals surface area contributed by atoms with E-state index in [0.29, 0.717) is 33.4 Å². The summed E-state index contributed by atoms with van der Waals surface area (Å²) in [5.41, 5.74) is 1.66. The number of aryl methyl sites for hydroxylation is 2. The Morgan fingerprint density at radius 3 is 2.38 bits per heavy atom. The molecule has 2 aromatic heterocycles. The molecule has 138 valence electrons. The molecule has 0 amide bonds. The van der Waals surface area contributed by atoms with Crippen molar-refractivity contribution in [2.75, 3.05) is 6.61 Å². The van der Waals surface area contributed by atoms with Gasteiger partial charge in [-0.25, -0.2) is 0 Å². The van der Waals surface area contributed by atoms with E-state index in [0.717, 1.165) is 42.7 Å². The molecule has 0 fully saturated rings. The number of aromatic nitrogens is 1. The monoisotopic (exact) mass is 413 g/mol. The maximum absolute atomic E-state index is 6.31. The number of rotatable bonds is 8. The number of nitrogens with zero attached hydrogens (tertiary/aromatic N) is 1. The standard InChI is InChI=1S/C19H18Cl3NO3/c1-12-9-14(26-23-12)5-3-2-4-8-24-19-15(20)10-13(11-16(19)21)17-6-7-18(22)25-17/h6-7,9-11H,2-5,8H2,1H3. The van der Waals surface area contributed by atoms with E-state index in [-0.39, 0.29) is 0 Å². The highest BCUT2D eigenvalue weighted by Gasteiger charge is 2.13. The zero-order chi connectivity index (χ0) is 18.5. The summed E-state index contributed by atoms with van der Waals surface area (Å²) < 4.78 is 16.3. The quantitative estimate of drug-likeness (QED) is 0.372. The summed E-state index contributed by atoms with van der Waals surface area (Å²) in [6.07, 6.45) is 3.80. The van der Waals surface area contributed by atoms with Crippen molar-refractivity contribution in [3.05, 3.63) is 57.1 Å². The second-order valence-electron chi connectivity index (χ2n) is 5.97. The van der Waals surface area contributed by atoms with E-state index in [2.05, 4.69) is 5.16 Å². The Bertz CT molecular complexity index is 850. The molecular weight excluding hydrogens is 397 g/mol. The summed E-state index contributed by atoms with van der Waals surface area (Å²) in [5.74, 6) is 2.01. The average molecular weight is 415 g/mol. The average Bonchev–Trinajstić information content (AvgIpc) is 3.21. The molecule has 2 heterocycles. The molecule has 3 rings (SSSR count). The van der Waals surface area contributed by atoms with Crippen LogP contribution in [0.15, 0.2) is 39.3 Å². The fourth-order valence-corrected chi connectivity index (χ4v) is 3.34. The summed E-state index contributed by atoms with van der Waals surface area (Å²) in [6.45, 7) is 2.46. The highest BCUT2D eigenvalue weighted by Crippen LogP contribution is 2.38. The predicted octanol–water partition coefficient (Wildman–Crippen LogP) is 7.00. The van der Waals surface area contributed by atoms with Gasteiger partial charge in [0, 0.05) is 18.1 Å². The van der Waals surface area contributed by atoms with E-state index in [4.69, 9.17) is 48.5 Å². The second-order valence-corrected chi connectivity index (χ2v) is 7.15. The van der Waals surface area contributed by atoms with Crippen LogP contribution in [0.4, 0.5) is 0 Å². The summed E-state index contributed by atoms with van der Waals surface area (Å²) in [4.78, 5) is 0. The Hall–Kier alpha value is -1.62. The summed E-state index contributed by atoms with van der Waals surface area (Å²) in [5, 5.41) is 5.07. The Morgan fingerprint density at radius 2 is 1.77 bits per heavy atom. The summed E-state index contributed by atoms with van der Waals surface area (Å²) >= 11 is 18.4. The zero-order valence-electron chi connectivity index (χ0n) is 14.2. The van der Waals surface area contributed by atoms with Crippen LogP contribution in [-0.4, -0.2) is 11.8 Å². The molecule has 0 radical (unpaired) electrons. The molecule has 0 bridgehead atoms. The Balaban J connectivity index is 1.48. The number of furan rings is 1. The molecule has 0 saturated heterocycles. The lowest BCUT2D eigenvalue weighted by molar-refractivity contribution is 0.303. The van der Waals surface area contributed by atoms with Crippen molar-refractivity contribution in [2.24, 2.45) is 0 Å². The third-order valence-corrected chi connectivity index (χ3v) is 4.61. The lowest BCUT2D eigenvalue weighted by atomic mass is 10.1. The minimum absolute atomic E-state index is 0.313. The van der Waals surface area contributed by atoms with Crippen molar-refractivity contribution in [2.45, 2.75) is 32.6 Å². The van der Waals surface area contributed by atoms with Crippen LogP contribution in [0.25, 0.3) is 11.3 Å². The number of hydrogen-bond donors (Lipinski definition) is 0. The van der Waals surface area contributed by atoms with Gasteiger partial charge in [0.2, 0.25) is 0 Å². The molecule has 0 atom stereocenters. The number of benzene rings is 1. The smallest absolute Gasteiger partial charge is 0.193 e. The van der Waals surface area contributed by atoms with Crippen LogP contribution in [0.1, 0.15) is 30.7 Å². The van der Waals surface area contributed by atoms with Crippen LogP contribution in [0, 0.1) is 6.92 Å². The van der Waals surface area contributed by atoms with E-state index in [1.165, 1.54) is 0 Å². The highest BCUT2D eigenvalue weighted by molar-refractivity contribution is 6.37. The molecule has 0 aliphatic rings. The molecule has 0 saturated carbocycles. The SMILES string of the molecule is Cc1cc(CCCCCOc2c(Cl)cc(-c3ccc(Cl)o3)cc2Cl)on1. The third kappa shape index (κ3) is 4.97. The summed E-state index contributed by atoms with van der Waals surface area (Å²) in [7, 11) is 0. The van der Waals surface area contributed by atoms with Gasteiger partial charge >= 0.3 is 0 Å². The third-order valence-electron chi connectivity index (χ3n) is 3.85. The molecule has 7 heteroatoms. The second kappa shape index (κ2) is 8.85. The molecule has 0 N–H and O–H groups in total. The number of unbranched alkanes of at least 4 members (excludes halogenated alkanes) is 2. The number of hydrogen-bond acceptors (Lipinski definition) is 4. The first-order valence-corrected chi connectivity index (χ1v) is 9.46. The van der Waals surface area contributed by atoms with Gasteiger partial charge in [-0.2, -0.15) is 0 Å². The largest absolute Gasteiger partial charge is 0.490 e. The van der Waals surface area contributed by atoms with Gasteiger partial charge in [0.1, 0.15) is 11.5 Å². The van der Waals surface area contributed by atoms with Crippen LogP contribution in [0.2, 0.25) is 15.3 Å². The van der Waals surface area contributed by atoms with Crippen LogP contribution in [0.5, 0.6) is 5.75 Å². The Kier molecular flexibility index (Phi) is 6.52. The maximum atomic E-state index is 6.31. The molecule has 0 spiro atoms. The number of halogens is 3. The topological polar surface area (TPSA) is 48.4 Å². The van der Waals surface area contributed by atoms with Crippen LogP contribution in [-0.2, 0) is 6.42 Å². The first kappa shape index (κ1) is 19.2. The molecule has 3 aromatic rings. The zero-order valence-corrected chi connectivity index (χ0v) is 16.5. The van der Waals surface area contributed by atoms with Crippen molar-refractivity contribution in [3.63, 3.8) is 0 Å². The van der Waals surface area contributed by atoms with E-state index in [9.17, 15) is 0 Å². The van der Waals surface area contributed by atoms with E-state index >= 15 is 0 Å². The number of ether oxygens (including phenoxy) is 1. The Labute approximate surface area is 167 Å². The van der Waals surface area contributed by atoms with Gasteiger partial charge in [-0.05, 0) is 62.1 Å². The molecule has 4 nitrogen and oxygen atoms in total. The van der Waals surface area contributed by atoms with Crippen LogP contribution >= 0.6 is 34.8 Å². The van der Waals surface area contributed by atoms with Gasteiger partial charge in [-0.1, -0.05) is 28.4 Å². The molecule has 26 heavy (non-hydrogen) atoms. The fraction of sp³-hybridized carbons (Fsp3) is 0.316. The lowest BCUT2D eigenvalue weighted by Gasteiger charge is -2.11. The summed E-state index contributed by atoms with van der Waals surface area (Å²) in [6, 6.07) is 8.91. The van der Waals surface area contributed by atoms with Crippen LogP contribution in [0.3, 0.4) is 0 Å². The normalized spacial score (nSPS) is 11.1. The molecule has 0 aliphatic carbocycles. The predicted molar refractivity (Wildman–Crippen MR) is 103 cm³/mol. The van der Waals surface area contributed by atoms with E-state index in [1.54, 1.807) is 24.3 Å².